The quantitative estimate of drug-likeness (QED) is 0.693. The minimum Gasteiger partial charge on any atom is -0.479 e. The molecule has 1 aliphatic rings. The second-order valence-electron chi connectivity index (χ2n) is 5.00. The van der Waals surface area contributed by atoms with Gasteiger partial charge in [0.2, 0.25) is 10.0 Å². The van der Waals surface area contributed by atoms with Crippen LogP contribution in [0, 0.1) is 12.3 Å². The Bertz CT molecular complexity index is 766. The molecule has 1 heterocycles. The van der Waals surface area contributed by atoms with Gasteiger partial charge in [0.25, 0.3) is 5.91 Å². The summed E-state index contributed by atoms with van der Waals surface area (Å²) < 4.78 is 31.1. The first kappa shape index (κ1) is 17.9. The fourth-order valence-electron chi connectivity index (χ4n) is 2.16. The third-order valence-corrected chi connectivity index (χ3v) is 4.82. The fourth-order valence-corrected chi connectivity index (χ4v) is 3.10. The molecule has 1 saturated heterocycles. The number of carbonyl (C=O) groups is 2. The van der Waals surface area contributed by atoms with E-state index in [2.05, 4.69) is 10.6 Å². The molecule has 1 atom stereocenters. The van der Waals surface area contributed by atoms with Gasteiger partial charge in [-0.05, 0) is 24.3 Å². The number of hydrogen-bond donors (Lipinski definition) is 2. The van der Waals surface area contributed by atoms with Gasteiger partial charge >= 0.3 is 5.97 Å². The van der Waals surface area contributed by atoms with E-state index < -0.39 is 22.1 Å². The number of carboxylic acid groups (broad SMARTS) is 1. The van der Waals surface area contributed by atoms with Crippen molar-refractivity contribution in [2.24, 2.45) is 0 Å². The predicted molar refractivity (Wildman–Crippen MR) is 83.7 cm³/mol. The van der Waals surface area contributed by atoms with Crippen LogP contribution >= 0.6 is 0 Å². The van der Waals surface area contributed by atoms with Gasteiger partial charge in [0.1, 0.15) is 0 Å². The Labute approximate surface area is 139 Å². The number of terminal acetylenes is 1. The maximum atomic E-state index is 12.4. The highest BCUT2D eigenvalue weighted by molar-refractivity contribution is 7.89. The number of aliphatic carboxylic acids is 1. The van der Waals surface area contributed by atoms with Crippen molar-refractivity contribution in [3.8, 4) is 12.3 Å². The molecule has 0 aliphatic carbocycles. The minimum atomic E-state index is -3.72. The molecular formula is C15H16N2O6S. The Balaban J connectivity index is 2.11. The molecule has 1 aromatic rings. The molecule has 1 fully saturated rings. The first-order valence-electron chi connectivity index (χ1n) is 7.02. The molecule has 0 spiro atoms. The molecule has 8 nitrogen and oxygen atoms in total. The summed E-state index contributed by atoms with van der Waals surface area (Å²) in [6.07, 6.45) is 3.95. The van der Waals surface area contributed by atoms with Crippen molar-refractivity contribution in [3.63, 3.8) is 0 Å². The molecule has 2 N–H and O–H groups in total. The van der Waals surface area contributed by atoms with E-state index in [0.717, 1.165) is 0 Å². The van der Waals surface area contributed by atoms with E-state index in [1.165, 1.54) is 29.2 Å². The summed E-state index contributed by atoms with van der Waals surface area (Å²) >= 11 is 0. The molecule has 9 heteroatoms. The van der Waals surface area contributed by atoms with Gasteiger partial charge in [0, 0.05) is 12.1 Å². The molecule has 1 aliphatic heterocycles. The third-order valence-electron chi connectivity index (χ3n) is 3.40. The van der Waals surface area contributed by atoms with Crippen LogP contribution < -0.4 is 4.72 Å². The van der Waals surface area contributed by atoms with Gasteiger partial charge in [-0.25, -0.2) is 13.2 Å². The van der Waals surface area contributed by atoms with Gasteiger partial charge in [-0.1, -0.05) is 5.92 Å². The van der Waals surface area contributed by atoms with Crippen LogP contribution in [0.2, 0.25) is 0 Å². The maximum absolute atomic E-state index is 12.4. The van der Waals surface area contributed by atoms with Crippen molar-refractivity contribution in [2.45, 2.75) is 11.0 Å². The van der Waals surface area contributed by atoms with Gasteiger partial charge in [0.05, 0.1) is 24.6 Å². The van der Waals surface area contributed by atoms with E-state index in [1.54, 1.807) is 0 Å². The van der Waals surface area contributed by atoms with Gasteiger partial charge in [-0.2, -0.15) is 4.72 Å². The maximum Gasteiger partial charge on any atom is 0.334 e. The van der Waals surface area contributed by atoms with E-state index in [-0.39, 0.29) is 42.6 Å². The second kappa shape index (κ2) is 7.44. The molecule has 0 bridgehead atoms. The highest BCUT2D eigenvalue weighted by Gasteiger charge is 2.29. The summed E-state index contributed by atoms with van der Waals surface area (Å²) in [6, 6.07) is 5.33. The third kappa shape index (κ3) is 4.11. The number of benzene rings is 1. The highest BCUT2D eigenvalue weighted by Crippen LogP contribution is 2.14. The fraction of sp³-hybridized carbons (Fsp3) is 0.333. The summed E-state index contributed by atoms with van der Waals surface area (Å²) in [5.41, 5.74) is 0.261. The first-order valence-corrected chi connectivity index (χ1v) is 8.50. The van der Waals surface area contributed by atoms with Crippen LogP contribution in [-0.2, 0) is 19.6 Å². The number of hydrogen-bond acceptors (Lipinski definition) is 5. The number of nitrogens with zero attached hydrogens (tertiary/aromatic N) is 1. The van der Waals surface area contributed by atoms with Crippen molar-refractivity contribution < 1.29 is 27.9 Å². The molecule has 1 unspecified atom stereocenters. The number of rotatable bonds is 5. The number of amides is 1. The van der Waals surface area contributed by atoms with Gasteiger partial charge in [-0.3, -0.25) is 4.79 Å². The van der Waals surface area contributed by atoms with Crippen LogP contribution in [0.3, 0.4) is 0 Å². The van der Waals surface area contributed by atoms with Crippen molar-refractivity contribution in [2.75, 3.05) is 26.2 Å². The van der Waals surface area contributed by atoms with Gasteiger partial charge in [0.15, 0.2) is 6.10 Å². The van der Waals surface area contributed by atoms with Crippen LogP contribution in [0.5, 0.6) is 0 Å². The normalized spacial score (nSPS) is 18.0. The first-order chi connectivity index (χ1) is 11.3. The number of ether oxygens (including phenoxy) is 1. The second-order valence-corrected chi connectivity index (χ2v) is 6.77. The number of carboxylic acids is 1. The average Bonchev–Trinajstić information content (AvgIpc) is 2.59. The standard InChI is InChI=1S/C15H16N2O6S/c1-2-7-16-24(21,22)12-5-3-11(4-6-12)14(18)17-8-9-23-13(10-17)15(19)20/h1,3-6,13,16H,7-10H2,(H,19,20). The van der Waals surface area contributed by atoms with E-state index in [1.807, 2.05) is 0 Å². The summed E-state index contributed by atoms with van der Waals surface area (Å²) in [5, 5.41) is 8.95. The summed E-state index contributed by atoms with van der Waals surface area (Å²) in [5.74, 6) is 0.653. The number of sulfonamides is 1. The Morgan fingerprint density at radius 3 is 2.62 bits per heavy atom. The van der Waals surface area contributed by atoms with E-state index in [9.17, 15) is 18.0 Å². The monoisotopic (exact) mass is 352 g/mol. The molecule has 0 aromatic heterocycles. The molecule has 0 saturated carbocycles. The van der Waals surface area contributed by atoms with Crippen molar-refractivity contribution in [3.05, 3.63) is 29.8 Å². The minimum absolute atomic E-state index is 0.0142. The lowest BCUT2D eigenvalue weighted by atomic mass is 10.1. The lowest BCUT2D eigenvalue weighted by Gasteiger charge is -2.30. The van der Waals surface area contributed by atoms with Crippen LogP contribution in [-0.4, -0.2) is 62.6 Å². The highest BCUT2D eigenvalue weighted by atomic mass is 32.2. The molecular weight excluding hydrogens is 336 g/mol. The van der Waals surface area contributed by atoms with Crippen molar-refractivity contribution >= 4 is 21.9 Å². The zero-order chi connectivity index (χ0) is 17.7. The smallest absolute Gasteiger partial charge is 0.334 e. The van der Waals surface area contributed by atoms with Crippen LogP contribution in [0.15, 0.2) is 29.2 Å². The van der Waals surface area contributed by atoms with Crippen molar-refractivity contribution in [1.82, 2.24) is 9.62 Å². The average molecular weight is 352 g/mol. The van der Waals surface area contributed by atoms with Crippen molar-refractivity contribution in [1.29, 1.82) is 0 Å². The molecule has 128 valence electrons. The van der Waals surface area contributed by atoms with Gasteiger partial charge < -0.3 is 14.7 Å². The Hall–Kier alpha value is -2.41. The molecule has 24 heavy (non-hydrogen) atoms. The summed E-state index contributed by atoms with van der Waals surface area (Å²) in [4.78, 5) is 24.7. The lowest BCUT2D eigenvalue weighted by Crippen LogP contribution is -2.48. The molecule has 2 rings (SSSR count). The van der Waals surface area contributed by atoms with E-state index in [0.29, 0.717) is 0 Å². The largest absolute Gasteiger partial charge is 0.479 e. The predicted octanol–water partition coefficient (Wildman–Crippen LogP) is -0.476. The van der Waals surface area contributed by atoms with Gasteiger partial charge in [-0.15, -0.1) is 6.42 Å². The summed E-state index contributed by atoms with van der Waals surface area (Å²) in [6.45, 7) is 0.211. The molecule has 1 amide bonds. The van der Waals surface area contributed by atoms with E-state index >= 15 is 0 Å². The number of morpholine rings is 1. The Morgan fingerprint density at radius 2 is 2.04 bits per heavy atom. The zero-order valence-corrected chi connectivity index (χ0v) is 13.5. The van der Waals surface area contributed by atoms with Crippen LogP contribution in [0.1, 0.15) is 10.4 Å². The van der Waals surface area contributed by atoms with Crippen LogP contribution in [0.4, 0.5) is 0 Å². The number of nitrogens with one attached hydrogen (secondary N) is 1. The molecule has 1 aromatic carbocycles. The number of carbonyl (C=O) groups excluding carboxylic acids is 1. The zero-order valence-electron chi connectivity index (χ0n) is 12.6. The summed E-state index contributed by atoms with van der Waals surface area (Å²) in [7, 11) is -3.72. The Kier molecular flexibility index (Phi) is 5.56. The topological polar surface area (TPSA) is 113 Å². The van der Waals surface area contributed by atoms with Crippen LogP contribution in [0.25, 0.3) is 0 Å². The SMILES string of the molecule is C#CCNS(=O)(=O)c1ccc(C(=O)N2CCOC(C(=O)O)C2)cc1. The molecule has 0 radical (unpaired) electrons. The lowest BCUT2D eigenvalue weighted by molar-refractivity contribution is -0.154. The van der Waals surface area contributed by atoms with E-state index in [4.69, 9.17) is 16.3 Å². The Morgan fingerprint density at radius 1 is 1.38 bits per heavy atom.